The summed E-state index contributed by atoms with van der Waals surface area (Å²) in [6, 6.07) is 0. The molecular weight excluding hydrogens is 242 g/mol. The molecule has 4 nitrogen and oxygen atoms in total. The monoisotopic (exact) mass is 265 g/mol. The molecule has 1 aliphatic rings. The number of allylic oxidation sites excluding steroid dienone is 3. The number of carboxylic acid groups (broad SMARTS) is 1. The zero-order valence-electron chi connectivity index (χ0n) is 11.7. The summed E-state index contributed by atoms with van der Waals surface area (Å²) < 4.78 is 0. The first-order valence-corrected chi connectivity index (χ1v) is 6.89. The van der Waals surface area contributed by atoms with Gasteiger partial charge < -0.3 is 10.4 Å². The third-order valence-electron chi connectivity index (χ3n) is 3.86. The van der Waals surface area contributed by atoms with Crippen molar-refractivity contribution in [2.45, 2.75) is 51.5 Å². The molecule has 4 heteroatoms. The predicted molar refractivity (Wildman–Crippen MR) is 74.7 cm³/mol. The maximum atomic E-state index is 11.8. The molecule has 0 aromatic heterocycles. The Morgan fingerprint density at radius 3 is 2.42 bits per heavy atom. The minimum atomic E-state index is -1.08. The first-order valence-electron chi connectivity index (χ1n) is 6.89. The molecule has 1 fully saturated rings. The molecule has 0 saturated heterocycles. The van der Waals surface area contributed by atoms with E-state index >= 15 is 0 Å². The van der Waals surface area contributed by atoms with Crippen molar-refractivity contribution in [1.29, 1.82) is 0 Å². The van der Waals surface area contributed by atoms with E-state index in [9.17, 15) is 14.7 Å². The SMILES string of the molecule is C/C=C/C=C/C(=O)NC1(C(=O)O)CCC(CC)CC1. The standard InChI is InChI=1S/C15H23NO3/c1-3-5-6-7-13(17)16-15(14(18)19)10-8-12(4-2)9-11-15/h3,5-7,12H,4,8-11H2,1-2H3,(H,16,17)(H,18,19)/b5-3+,7-6+. The van der Waals surface area contributed by atoms with Crippen LogP contribution in [0.5, 0.6) is 0 Å². The molecule has 0 spiro atoms. The van der Waals surface area contributed by atoms with Crippen LogP contribution in [-0.2, 0) is 9.59 Å². The Morgan fingerprint density at radius 2 is 1.95 bits per heavy atom. The van der Waals surface area contributed by atoms with Gasteiger partial charge in [0.25, 0.3) is 0 Å². The normalized spacial score (nSPS) is 27.8. The molecule has 0 atom stereocenters. The summed E-state index contributed by atoms with van der Waals surface area (Å²) >= 11 is 0. The highest BCUT2D eigenvalue weighted by Gasteiger charge is 2.42. The van der Waals surface area contributed by atoms with Gasteiger partial charge in [0.2, 0.25) is 5.91 Å². The summed E-state index contributed by atoms with van der Waals surface area (Å²) in [6.07, 6.45) is 10.4. The van der Waals surface area contributed by atoms with Gasteiger partial charge in [0.15, 0.2) is 0 Å². The van der Waals surface area contributed by atoms with E-state index in [4.69, 9.17) is 0 Å². The van der Waals surface area contributed by atoms with Crippen LogP contribution in [0.4, 0.5) is 0 Å². The van der Waals surface area contributed by atoms with Gasteiger partial charge in [-0.25, -0.2) is 4.79 Å². The van der Waals surface area contributed by atoms with Crippen LogP contribution in [0.2, 0.25) is 0 Å². The minimum Gasteiger partial charge on any atom is -0.480 e. The molecule has 0 aliphatic heterocycles. The lowest BCUT2D eigenvalue weighted by Gasteiger charge is -2.36. The molecule has 1 aliphatic carbocycles. The van der Waals surface area contributed by atoms with Gasteiger partial charge in [-0.15, -0.1) is 0 Å². The summed E-state index contributed by atoms with van der Waals surface area (Å²) in [6.45, 7) is 3.98. The highest BCUT2D eigenvalue weighted by molar-refractivity contribution is 5.93. The number of nitrogens with one attached hydrogen (secondary N) is 1. The lowest BCUT2D eigenvalue weighted by molar-refractivity contribution is -0.149. The van der Waals surface area contributed by atoms with Crippen LogP contribution in [0.15, 0.2) is 24.3 Å². The highest BCUT2D eigenvalue weighted by atomic mass is 16.4. The fourth-order valence-corrected chi connectivity index (χ4v) is 2.50. The number of amides is 1. The van der Waals surface area contributed by atoms with Crippen LogP contribution in [0.1, 0.15) is 46.0 Å². The van der Waals surface area contributed by atoms with Crippen LogP contribution in [-0.4, -0.2) is 22.5 Å². The second-order valence-corrected chi connectivity index (χ2v) is 5.11. The lowest BCUT2D eigenvalue weighted by Crippen LogP contribution is -2.56. The van der Waals surface area contributed by atoms with Crippen molar-refractivity contribution in [2.24, 2.45) is 5.92 Å². The van der Waals surface area contributed by atoms with Gasteiger partial charge in [-0.3, -0.25) is 4.79 Å². The number of carboxylic acids is 1. The van der Waals surface area contributed by atoms with E-state index in [1.54, 1.807) is 12.2 Å². The first-order chi connectivity index (χ1) is 9.04. The maximum Gasteiger partial charge on any atom is 0.329 e. The van der Waals surface area contributed by atoms with E-state index in [2.05, 4.69) is 12.2 Å². The molecule has 1 rings (SSSR count). The molecule has 106 valence electrons. The van der Waals surface area contributed by atoms with E-state index in [0.717, 1.165) is 19.3 Å². The van der Waals surface area contributed by atoms with Gasteiger partial charge in [-0.05, 0) is 38.5 Å². The molecule has 19 heavy (non-hydrogen) atoms. The third-order valence-corrected chi connectivity index (χ3v) is 3.86. The molecule has 1 saturated carbocycles. The minimum absolute atomic E-state index is 0.338. The Bertz CT molecular complexity index is 377. The second kappa shape index (κ2) is 7.12. The fourth-order valence-electron chi connectivity index (χ4n) is 2.50. The third kappa shape index (κ3) is 4.23. The van der Waals surface area contributed by atoms with Gasteiger partial charge >= 0.3 is 5.97 Å². The molecule has 0 unspecified atom stereocenters. The van der Waals surface area contributed by atoms with Crippen LogP contribution >= 0.6 is 0 Å². The smallest absolute Gasteiger partial charge is 0.329 e. The van der Waals surface area contributed by atoms with Crippen LogP contribution in [0.25, 0.3) is 0 Å². The van der Waals surface area contributed by atoms with E-state index < -0.39 is 11.5 Å². The lowest BCUT2D eigenvalue weighted by atomic mass is 9.75. The second-order valence-electron chi connectivity index (χ2n) is 5.11. The largest absolute Gasteiger partial charge is 0.480 e. The Hall–Kier alpha value is -1.58. The van der Waals surface area contributed by atoms with Crippen molar-refractivity contribution in [3.05, 3.63) is 24.3 Å². The number of hydrogen-bond acceptors (Lipinski definition) is 2. The van der Waals surface area contributed by atoms with Crippen molar-refractivity contribution in [2.75, 3.05) is 0 Å². The van der Waals surface area contributed by atoms with Crippen molar-refractivity contribution in [1.82, 2.24) is 5.32 Å². The topological polar surface area (TPSA) is 66.4 Å². The molecule has 0 aromatic carbocycles. The van der Waals surface area contributed by atoms with Crippen LogP contribution in [0, 0.1) is 5.92 Å². The summed E-state index contributed by atoms with van der Waals surface area (Å²) in [5.74, 6) is -0.673. The summed E-state index contributed by atoms with van der Waals surface area (Å²) in [4.78, 5) is 23.2. The molecule has 2 N–H and O–H groups in total. The van der Waals surface area contributed by atoms with E-state index in [0.29, 0.717) is 18.8 Å². The zero-order chi connectivity index (χ0) is 14.3. The van der Waals surface area contributed by atoms with Crippen molar-refractivity contribution in [3.63, 3.8) is 0 Å². The molecule has 0 heterocycles. The summed E-state index contributed by atoms with van der Waals surface area (Å²) in [5, 5.41) is 12.1. The Balaban J connectivity index is 2.68. The average Bonchev–Trinajstić information content (AvgIpc) is 2.39. The Morgan fingerprint density at radius 1 is 1.32 bits per heavy atom. The summed E-state index contributed by atoms with van der Waals surface area (Å²) in [7, 11) is 0. The van der Waals surface area contributed by atoms with Gasteiger partial charge in [0, 0.05) is 6.08 Å². The van der Waals surface area contributed by atoms with Crippen molar-refractivity contribution < 1.29 is 14.7 Å². The summed E-state index contributed by atoms with van der Waals surface area (Å²) in [5.41, 5.74) is -1.08. The number of hydrogen-bond donors (Lipinski definition) is 2. The molecule has 0 radical (unpaired) electrons. The molecule has 0 bridgehead atoms. The predicted octanol–water partition coefficient (Wildman–Crippen LogP) is 2.66. The van der Waals surface area contributed by atoms with Crippen molar-refractivity contribution >= 4 is 11.9 Å². The van der Waals surface area contributed by atoms with E-state index in [-0.39, 0.29) is 5.91 Å². The van der Waals surface area contributed by atoms with Crippen LogP contribution < -0.4 is 5.32 Å². The Labute approximate surface area is 114 Å². The van der Waals surface area contributed by atoms with Gasteiger partial charge in [-0.1, -0.05) is 31.6 Å². The van der Waals surface area contributed by atoms with Gasteiger partial charge in [0.1, 0.15) is 5.54 Å². The molecular formula is C15H23NO3. The van der Waals surface area contributed by atoms with E-state index in [1.807, 2.05) is 13.0 Å². The quantitative estimate of drug-likeness (QED) is 0.593. The first kappa shape index (κ1) is 15.5. The number of aliphatic carboxylic acids is 1. The average molecular weight is 265 g/mol. The maximum absolute atomic E-state index is 11.8. The molecule has 1 amide bonds. The number of rotatable bonds is 5. The van der Waals surface area contributed by atoms with Crippen LogP contribution in [0.3, 0.4) is 0 Å². The van der Waals surface area contributed by atoms with Gasteiger partial charge in [-0.2, -0.15) is 0 Å². The number of carbonyl (C=O) groups excluding carboxylic acids is 1. The van der Waals surface area contributed by atoms with Gasteiger partial charge in [0.05, 0.1) is 0 Å². The van der Waals surface area contributed by atoms with E-state index in [1.165, 1.54) is 6.08 Å². The highest BCUT2D eigenvalue weighted by Crippen LogP contribution is 2.34. The fraction of sp³-hybridized carbons (Fsp3) is 0.600. The Kier molecular flexibility index (Phi) is 5.80. The number of carbonyl (C=O) groups is 2. The molecule has 0 aromatic rings. The van der Waals surface area contributed by atoms with Crippen molar-refractivity contribution in [3.8, 4) is 0 Å². The zero-order valence-corrected chi connectivity index (χ0v) is 11.7.